The molecule has 4 heteroatoms. The Morgan fingerprint density at radius 1 is 0.929 bits per heavy atom. The van der Waals surface area contributed by atoms with Crippen LogP contribution in [0.1, 0.15) is 59.8 Å². The molecule has 4 aliphatic rings. The first-order valence-corrected chi connectivity index (χ1v) is 10.4. The molecule has 0 spiro atoms. The van der Waals surface area contributed by atoms with Crippen molar-refractivity contribution in [1.82, 2.24) is 5.32 Å². The van der Waals surface area contributed by atoms with Gasteiger partial charge in [-0.25, -0.2) is 0 Å². The van der Waals surface area contributed by atoms with E-state index in [9.17, 15) is 4.79 Å². The summed E-state index contributed by atoms with van der Waals surface area (Å²) in [5.74, 6) is 2.06. The van der Waals surface area contributed by atoms with E-state index >= 15 is 0 Å². The van der Waals surface area contributed by atoms with Gasteiger partial charge in [0.05, 0.1) is 0 Å². The van der Waals surface area contributed by atoms with E-state index in [4.69, 9.17) is 5.73 Å². The van der Waals surface area contributed by atoms with Crippen LogP contribution in [-0.4, -0.2) is 19.0 Å². The quantitative estimate of drug-likeness (QED) is 0.813. The normalized spacial score (nSPS) is 29.5. The summed E-state index contributed by atoms with van der Waals surface area (Å²) in [4.78, 5) is 12.8. The molecule has 0 aliphatic heterocycles. The molecule has 0 saturated heterocycles. The predicted molar refractivity (Wildman–Crippen MR) is 115 cm³/mol. The van der Waals surface area contributed by atoms with Gasteiger partial charge in [0, 0.05) is 24.3 Å². The zero-order valence-electron chi connectivity index (χ0n) is 16.1. The number of benzene rings is 2. The number of nitrogens with one attached hydrogen (secondary N) is 1. The van der Waals surface area contributed by atoms with Crippen LogP contribution in [0.4, 0.5) is 0 Å². The highest BCUT2D eigenvalue weighted by Gasteiger charge is 2.43. The summed E-state index contributed by atoms with van der Waals surface area (Å²) in [6, 6.07) is 17.8. The Labute approximate surface area is 173 Å². The molecule has 2 bridgehead atoms. The monoisotopic (exact) mass is 396 g/mol. The maximum absolute atomic E-state index is 12.8. The van der Waals surface area contributed by atoms with Gasteiger partial charge in [-0.05, 0) is 59.9 Å². The molecule has 148 valence electrons. The maximum Gasteiger partial charge on any atom is 0.223 e. The number of hydrogen-bond donors (Lipinski definition) is 2. The summed E-state index contributed by atoms with van der Waals surface area (Å²) in [6.45, 7) is 1.41. The van der Waals surface area contributed by atoms with Crippen LogP contribution in [0.2, 0.25) is 0 Å². The van der Waals surface area contributed by atoms with Crippen molar-refractivity contribution in [3.8, 4) is 0 Å². The molecule has 1 unspecified atom stereocenters. The third-order valence-electron chi connectivity index (χ3n) is 7.26. The lowest BCUT2D eigenvalue weighted by atomic mass is 9.59. The molecule has 3 nitrogen and oxygen atoms in total. The van der Waals surface area contributed by atoms with Gasteiger partial charge < -0.3 is 11.1 Å². The largest absolute Gasteiger partial charge is 0.356 e. The topological polar surface area (TPSA) is 55.1 Å². The van der Waals surface area contributed by atoms with Crippen LogP contribution in [0.3, 0.4) is 0 Å². The summed E-state index contributed by atoms with van der Waals surface area (Å²) >= 11 is 0. The zero-order valence-corrected chi connectivity index (χ0v) is 17.0. The Hall–Kier alpha value is -1.84. The predicted octanol–water partition coefficient (Wildman–Crippen LogP) is 4.20. The first-order chi connectivity index (χ1) is 13.3. The van der Waals surface area contributed by atoms with Gasteiger partial charge in [-0.1, -0.05) is 55.0 Å². The number of fused-ring (bicyclic) bond motifs is 1. The van der Waals surface area contributed by atoms with E-state index < -0.39 is 0 Å². The van der Waals surface area contributed by atoms with Gasteiger partial charge in [-0.2, -0.15) is 0 Å². The first-order valence-electron chi connectivity index (χ1n) is 10.4. The fraction of sp³-hybridized carbons (Fsp3) is 0.458. The fourth-order valence-corrected chi connectivity index (χ4v) is 5.99. The van der Waals surface area contributed by atoms with Crippen LogP contribution in [0, 0.1) is 17.8 Å². The van der Waals surface area contributed by atoms with Crippen LogP contribution < -0.4 is 11.1 Å². The standard InChI is InChI=1S/C24H28N2O.ClH/c25-13-15-6-5-11-17(15)24(27)26-14-16-12-22-18-7-1-3-9-20(18)23(16)21-10-4-2-8-19(21)22;/h1-4,7-10,15-17,22-23H,5-6,11-14,25H2,(H,26,27);1H/t15-,16?,17-,22?,23?;/m1./s1. The molecular formula is C24H29ClN2O. The second-order valence-corrected chi connectivity index (χ2v) is 8.56. The van der Waals surface area contributed by atoms with Crippen molar-refractivity contribution in [3.05, 3.63) is 70.8 Å². The molecule has 28 heavy (non-hydrogen) atoms. The molecule has 1 fully saturated rings. The molecule has 3 atom stereocenters. The van der Waals surface area contributed by atoms with Gasteiger partial charge >= 0.3 is 0 Å². The Morgan fingerprint density at radius 3 is 2.14 bits per heavy atom. The number of carbonyl (C=O) groups excluding carboxylic acids is 1. The van der Waals surface area contributed by atoms with Crippen LogP contribution in [-0.2, 0) is 4.79 Å². The van der Waals surface area contributed by atoms with Crippen molar-refractivity contribution in [1.29, 1.82) is 0 Å². The van der Waals surface area contributed by atoms with Gasteiger partial charge in [0.1, 0.15) is 0 Å². The molecule has 0 aromatic heterocycles. The summed E-state index contributed by atoms with van der Waals surface area (Å²) in [7, 11) is 0. The highest BCUT2D eigenvalue weighted by Crippen LogP contribution is 2.55. The minimum atomic E-state index is 0. The SMILES string of the molecule is Cl.NC[C@H]1CCC[C@H]1C(=O)NCC1CC2c3ccccc3C1c1ccccc12. The van der Waals surface area contributed by atoms with Crippen LogP contribution in [0.5, 0.6) is 0 Å². The number of amides is 1. The van der Waals surface area contributed by atoms with E-state index in [1.165, 1.54) is 22.3 Å². The third-order valence-corrected chi connectivity index (χ3v) is 7.26. The van der Waals surface area contributed by atoms with Crippen molar-refractivity contribution in [2.45, 2.75) is 37.5 Å². The average Bonchev–Trinajstić information content (AvgIpc) is 3.21. The Bertz CT molecular complexity index is 820. The van der Waals surface area contributed by atoms with E-state index in [0.717, 1.165) is 32.2 Å². The van der Waals surface area contributed by atoms with Gasteiger partial charge in [-0.3, -0.25) is 4.79 Å². The Morgan fingerprint density at radius 2 is 1.54 bits per heavy atom. The summed E-state index contributed by atoms with van der Waals surface area (Å²) < 4.78 is 0. The van der Waals surface area contributed by atoms with Gasteiger partial charge in [-0.15, -0.1) is 12.4 Å². The molecule has 2 aromatic rings. The van der Waals surface area contributed by atoms with Gasteiger partial charge in [0.15, 0.2) is 0 Å². The highest BCUT2D eigenvalue weighted by atomic mass is 35.5. The van der Waals surface area contributed by atoms with Crippen molar-refractivity contribution in [3.63, 3.8) is 0 Å². The van der Waals surface area contributed by atoms with Crippen LogP contribution in [0.15, 0.2) is 48.5 Å². The number of nitrogens with two attached hydrogens (primary N) is 1. The molecule has 3 N–H and O–H groups in total. The third kappa shape index (κ3) is 3.05. The zero-order chi connectivity index (χ0) is 18.4. The second kappa shape index (κ2) is 7.88. The molecule has 0 heterocycles. The fourth-order valence-electron chi connectivity index (χ4n) is 5.99. The van der Waals surface area contributed by atoms with Crippen molar-refractivity contribution < 1.29 is 4.79 Å². The minimum absolute atomic E-state index is 0. The van der Waals surface area contributed by atoms with Crippen molar-refractivity contribution in [2.75, 3.05) is 13.1 Å². The Balaban J connectivity index is 0.00000192. The second-order valence-electron chi connectivity index (χ2n) is 8.56. The van der Waals surface area contributed by atoms with E-state index in [1.54, 1.807) is 0 Å². The van der Waals surface area contributed by atoms with Gasteiger partial charge in [0.25, 0.3) is 0 Å². The minimum Gasteiger partial charge on any atom is -0.356 e. The number of hydrogen-bond acceptors (Lipinski definition) is 2. The van der Waals surface area contributed by atoms with E-state index in [0.29, 0.717) is 30.2 Å². The molecule has 6 rings (SSSR count). The summed E-state index contributed by atoms with van der Waals surface area (Å²) in [6.07, 6.45) is 4.36. The molecule has 4 aliphatic carbocycles. The molecule has 0 radical (unpaired) electrons. The summed E-state index contributed by atoms with van der Waals surface area (Å²) in [5.41, 5.74) is 11.8. The Kier molecular flexibility index (Phi) is 5.48. The average molecular weight is 397 g/mol. The maximum atomic E-state index is 12.8. The smallest absolute Gasteiger partial charge is 0.223 e. The summed E-state index contributed by atoms with van der Waals surface area (Å²) in [5, 5.41) is 3.31. The number of rotatable bonds is 4. The van der Waals surface area contributed by atoms with Crippen LogP contribution in [0.25, 0.3) is 0 Å². The molecular weight excluding hydrogens is 368 g/mol. The van der Waals surface area contributed by atoms with E-state index in [1.807, 2.05) is 0 Å². The molecule has 1 saturated carbocycles. The lowest BCUT2D eigenvalue weighted by Crippen LogP contribution is -2.42. The first kappa shape index (κ1) is 19.5. The van der Waals surface area contributed by atoms with Crippen LogP contribution >= 0.6 is 12.4 Å². The molecule has 1 amide bonds. The molecule has 2 aromatic carbocycles. The number of halogens is 1. The van der Waals surface area contributed by atoms with Crippen molar-refractivity contribution >= 4 is 18.3 Å². The van der Waals surface area contributed by atoms with E-state index in [2.05, 4.69) is 53.8 Å². The lowest BCUT2D eigenvalue weighted by molar-refractivity contribution is -0.126. The lowest BCUT2D eigenvalue weighted by Gasteiger charge is -2.45. The van der Waals surface area contributed by atoms with Gasteiger partial charge in [0.2, 0.25) is 5.91 Å². The number of carbonyl (C=O) groups is 1. The highest BCUT2D eigenvalue weighted by molar-refractivity contribution is 5.85. The van der Waals surface area contributed by atoms with Crippen molar-refractivity contribution in [2.24, 2.45) is 23.5 Å². The van der Waals surface area contributed by atoms with E-state index in [-0.39, 0.29) is 24.2 Å².